The van der Waals surface area contributed by atoms with Crippen LogP contribution in [0.4, 0.5) is 0 Å². The Balaban J connectivity index is 2.18. The highest BCUT2D eigenvalue weighted by molar-refractivity contribution is 5.50. The first-order valence-electron chi connectivity index (χ1n) is 4.20. The Morgan fingerprint density at radius 2 is 1.91 bits per heavy atom. The van der Waals surface area contributed by atoms with Gasteiger partial charge in [-0.25, -0.2) is 0 Å². The SMILES string of the molecule is C=C1CC2CC[C@@H](C1)N2C=O. The Morgan fingerprint density at radius 1 is 1.36 bits per heavy atom. The smallest absolute Gasteiger partial charge is 0.210 e. The second kappa shape index (κ2) is 2.36. The van der Waals surface area contributed by atoms with Gasteiger partial charge < -0.3 is 4.90 Å². The predicted molar refractivity (Wildman–Crippen MR) is 43.1 cm³/mol. The molecule has 2 aliphatic rings. The van der Waals surface area contributed by atoms with Crippen LogP contribution in [0.15, 0.2) is 12.2 Å². The third kappa shape index (κ3) is 0.971. The maximum atomic E-state index is 10.6. The number of carbonyl (C=O) groups excluding carboxylic acids is 1. The molecule has 60 valence electrons. The minimum atomic E-state index is 0.485. The standard InChI is InChI=1S/C9H13NO/c1-7-4-8-2-3-9(5-7)10(8)6-11/h6,8-9H,1-5H2/t8-,9?/m0/s1. The van der Waals surface area contributed by atoms with Crippen LogP contribution in [0.5, 0.6) is 0 Å². The molecule has 2 bridgehead atoms. The second-order valence-corrected chi connectivity index (χ2v) is 3.60. The average Bonchev–Trinajstić information content (AvgIpc) is 2.23. The van der Waals surface area contributed by atoms with E-state index in [0.29, 0.717) is 12.1 Å². The lowest BCUT2D eigenvalue weighted by Gasteiger charge is -2.32. The van der Waals surface area contributed by atoms with E-state index in [1.54, 1.807) is 0 Å². The lowest BCUT2D eigenvalue weighted by Crippen LogP contribution is -2.38. The monoisotopic (exact) mass is 151 g/mol. The molecule has 2 nitrogen and oxygen atoms in total. The second-order valence-electron chi connectivity index (χ2n) is 3.60. The molecule has 0 aliphatic carbocycles. The van der Waals surface area contributed by atoms with E-state index < -0.39 is 0 Å². The van der Waals surface area contributed by atoms with Crippen molar-refractivity contribution in [1.29, 1.82) is 0 Å². The van der Waals surface area contributed by atoms with Gasteiger partial charge in [0.05, 0.1) is 0 Å². The first kappa shape index (κ1) is 6.89. The van der Waals surface area contributed by atoms with E-state index in [2.05, 4.69) is 6.58 Å². The van der Waals surface area contributed by atoms with Crippen molar-refractivity contribution in [2.24, 2.45) is 0 Å². The van der Waals surface area contributed by atoms with Crippen LogP contribution in [0, 0.1) is 0 Å². The minimum Gasteiger partial charge on any atom is -0.339 e. The summed E-state index contributed by atoms with van der Waals surface area (Å²) in [5, 5.41) is 0. The molecular formula is C9H13NO. The first-order chi connectivity index (χ1) is 5.31. The van der Waals surface area contributed by atoms with Crippen LogP contribution < -0.4 is 0 Å². The maximum absolute atomic E-state index is 10.6. The maximum Gasteiger partial charge on any atom is 0.210 e. The van der Waals surface area contributed by atoms with Gasteiger partial charge in [0, 0.05) is 12.1 Å². The fourth-order valence-electron chi connectivity index (χ4n) is 2.32. The number of amides is 1. The van der Waals surface area contributed by atoms with E-state index in [0.717, 1.165) is 19.3 Å². The summed E-state index contributed by atoms with van der Waals surface area (Å²) in [5.74, 6) is 0. The molecule has 2 heteroatoms. The Morgan fingerprint density at radius 3 is 2.36 bits per heavy atom. The van der Waals surface area contributed by atoms with Gasteiger partial charge in [-0.1, -0.05) is 12.2 Å². The van der Waals surface area contributed by atoms with E-state index >= 15 is 0 Å². The number of nitrogens with zero attached hydrogens (tertiary/aromatic N) is 1. The molecule has 2 aliphatic heterocycles. The predicted octanol–water partition coefficient (Wildman–Crippen LogP) is 1.33. The fraction of sp³-hybridized carbons (Fsp3) is 0.667. The van der Waals surface area contributed by atoms with Crippen molar-refractivity contribution >= 4 is 6.41 Å². The van der Waals surface area contributed by atoms with Crippen LogP contribution in [0.25, 0.3) is 0 Å². The molecule has 0 aromatic rings. The van der Waals surface area contributed by atoms with E-state index in [9.17, 15) is 4.79 Å². The highest BCUT2D eigenvalue weighted by atomic mass is 16.1. The van der Waals surface area contributed by atoms with Crippen molar-refractivity contribution in [2.45, 2.75) is 37.8 Å². The molecule has 0 saturated carbocycles. The third-order valence-corrected chi connectivity index (χ3v) is 2.85. The van der Waals surface area contributed by atoms with Crippen molar-refractivity contribution in [3.8, 4) is 0 Å². The number of piperidine rings is 1. The first-order valence-corrected chi connectivity index (χ1v) is 4.20. The molecule has 11 heavy (non-hydrogen) atoms. The third-order valence-electron chi connectivity index (χ3n) is 2.85. The highest BCUT2D eigenvalue weighted by Gasteiger charge is 2.36. The molecule has 2 rings (SSSR count). The Bertz CT molecular complexity index is 184. The van der Waals surface area contributed by atoms with Crippen LogP contribution in [-0.4, -0.2) is 23.4 Å². The molecule has 2 heterocycles. The van der Waals surface area contributed by atoms with Crippen LogP contribution in [0.3, 0.4) is 0 Å². The molecule has 1 amide bonds. The van der Waals surface area contributed by atoms with Crippen LogP contribution in [-0.2, 0) is 4.79 Å². The normalized spacial score (nSPS) is 36.0. The van der Waals surface area contributed by atoms with Crippen molar-refractivity contribution < 1.29 is 4.79 Å². The van der Waals surface area contributed by atoms with Crippen molar-refractivity contribution in [3.05, 3.63) is 12.2 Å². The molecule has 2 fully saturated rings. The molecule has 0 spiro atoms. The van der Waals surface area contributed by atoms with Gasteiger partial charge in [0.15, 0.2) is 0 Å². The summed E-state index contributed by atoms with van der Waals surface area (Å²) in [6, 6.07) is 0.970. The van der Waals surface area contributed by atoms with Gasteiger partial charge in [0.1, 0.15) is 0 Å². The molecule has 2 atom stereocenters. The summed E-state index contributed by atoms with van der Waals surface area (Å²) in [6.07, 6.45) is 5.45. The van der Waals surface area contributed by atoms with E-state index in [1.807, 2.05) is 4.90 Å². The Kier molecular flexibility index (Phi) is 1.48. The zero-order valence-corrected chi connectivity index (χ0v) is 6.62. The molecule has 0 radical (unpaired) electrons. The minimum absolute atomic E-state index is 0.485. The average molecular weight is 151 g/mol. The zero-order chi connectivity index (χ0) is 7.84. The summed E-state index contributed by atoms with van der Waals surface area (Å²) < 4.78 is 0. The number of fused-ring (bicyclic) bond motifs is 2. The number of hydrogen-bond acceptors (Lipinski definition) is 1. The topological polar surface area (TPSA) is 20.3 Å². The van der Waals surface area contributed by atoms with Crippen molar-refractivity contribution in [1.82, 2.24) is 4.90 Å². The van der Waals surface area contributed by atoms with Gasteiger partial charge in [-0.2, -0.15) is 0 Å². The van der Waals surface area contributed by atoms with Crippen molar-refractivity contribution in [3.63, 3.8) is 0 Å². The van der Waals surface area contributed by atoms with Gasteiger partial charge >= 0.3 is 0 Å². The largest absolute Gasteiger partial charge is 0.339 e. The number of rotatable bonds is 1. The molecule has 0 aromatic heterocycles. The van der Waals surface area contributed by atoms with Gasteiger partial charge in [0.25, 0.3) is 0 Å². The van der Waals surface area contributed by atoms with Gasteiger partial charge in [-0.3, -0.25) is 4.79 Å². The molecule has 1 unspecified atom stereocenters. The van der Waals surface area contributed by atoms with Crippen molar-refractivity contribution in [2.75, 3.05) is 0 Å². The van der Waals surface area contributed by atoms with E-state index in [-0.39, 0.29) is 0 Å². The van der Waals surface area contributed by atoms with Gasteiger partial charge in [-0.05, 0) is 25.7 Å². The molecule has 0 N–H and O–H groups in total. The summed E-state index contributed by atoms with van der Waals surface area (Å²) in [4.78, 5) is 12.6. The summed E-state index contributed by atoms with van der Waals surface area (Å²) in [5.41, 5.74) is 1.33. The molecule has 0 aromatic carbocycles. The summed E-state index contributed by atoms with van der Waals surface area (Å²) in [6.45, 7) is 3.98. The summed E-state index contributed by atoms with van der Waals surface area (Å²) in [7, 11) is 0. The fourth-order valence-corrected chi connectivity index (χ4v) is 2.32. The van der Waals surface area contributed by atoms with Crippen LogP contribution in [0.1, 0.15) is 25.7 Å². The summed E-state index contributed by atoms with van der Waals surface area (Å²) >= 11 is 0. The van der Waals surface area contributed by atoms with Crippen LogP contribution in [0.2, 0.25) is 0 Å². The van der Waals surface area contributed by atoms with Gasteiger partial charge in [-0.15, -0.1) is 0 Å². The quantitative estimate of drug-likeness (QED) is 0.409. The highest BCUT2D eigenvalue weighted by Crippen LogP contribution is 2.36. The van der Waals surface area contributed by atoms with E-state index in [1.165, 1.54) is 18.4 Å². The lowest BCUT2D eigenvalue weighted by molar-refractivity contribution is -0.121. The number of hydrogen-bond donors (Lipinski definition) is 0. The molecule has 2 saturated heterocycles. The van der Waals surface area contributed by atoms with E-state index in [4.69, 9.17) is 0 Å². The zero-order valence-electron chi connectivity index (χ0n) is 6.62. The Hall–Kier alpha value is -0.790. The Labute approximate surface area is 66.9 Å². The lowest BCUT2D eigenvalue weighted by atomic mass is 9.99. The van der Waals surface area contributed by atoms with Gasteiger partial charge in [0.2, 0.25) is 6.41 Å². The number of carbonyl (C=O) groups is 1. The van der Waals surface area contributed by atoms with Crippen LogP contribution >= 0.6 is 0 Å². The molecular weight excluding hydrogens is 138 g/mol.